The lowest BCUT2D eigenvalue weighted by Crippen LogP contribution is -2.08. The molecule has 1 aromatic carbocycles. The monoisotopic (exact) mass is 246 g/mol. The van der Waals surface area contributed by atoms with Crippen molar-refractivity contribution in [3.05, 3.63) is 28.8 Å². The summed E-state index contributed by atoms with van der Waals surface area (Å²) in [5.74, 6) is -8.42. The second-order valence-corrected chi connectivity index (χ2v) is 3.93. The Labute approximate surface area is 81.5 Å². The molecule has 2 nitrogen and oxygen atoms in total. The summed E-state index contributed by atoms with van der Waals surface area (Å²) < 4.78 is 83.8. The van der Waals surface area contributed by atoms with Crippen LogP contribution in [0.2, 0.25) is 0 Å². The molecular formula is C7H3F5O2S. The molecule has 15 heavy (non-hydrogen) atoms. The van der Waals surface area contributed by atoms with Crippen LogP contribution in [0, 0.1) is 30.2 Å². The van der Waals surface area contributed by atoms with Gasteiger partial charge in [-0.25, -0.2) is 17.6 Å². The SMILES string of the molecule is Cc1c(F)c(F)c(S(=O)(=O)F)c(F)c1F. The Bertz CT molecular complexity index is 494. The predicted molar refractivity (Wildman–Crippen MR) is 39.3 cm³/mol. The van der Waals surface area contributed by atoms with Crippen LogP contribution < -0.4 is 0 Å². The first kappa shape index (κ1) is 11.9. The van der Waals surface area contributed by atoms with Crippen molar-refractivity contribution >= 4 is 10.2 Å². The summed E-state index contributed by atoms with van der Waals surface area (Å²) in [7, 11) is -5.86. The summed E-state index contributed by atoms with van der Waals surface area (Å²) in [5, 5.41) is 0. The van der Waals surface area contributed by atoms with Gasteiger partial charge in [0.25, 0.3) is 0 Å². The highest BCUT2D eigenvalue weighted by molar-refractivity contribution is 7.86. The van der Waals surface area contributed by atoms with Gasteiger partial charge < -0.3 is 0 Å². The van der Waals surface area contributed by atoms with Crippen molar-refractivity contribution in [3.63, 3.8) is 0 Å². The normalized spacial score (nSPS) is 11.9. The summed E-state index contributed by atoms with van der Waals surface area (Å²) in [4.78, 5) is -2.25. The van der Waals surface area contributed by atoms with Gasteiger partial charge in [-0.3, -0.25) is 0 Å². The van der Waals surface area contributed by atoms with Crippen LogP contribution in [-0.4, -0.2) is 8.42 Å². The van der Waals surface area contributed by atoms with E-state index in [1.165, 1.54) is 0 Å². The molecule has 0 radical (unpaired) electrons. The van der Waals surface area contributed by atoms with Crippen LogP contribution in [0.15, 0.2) is 4.90 Å². The lowest BCUT2D eigenvalue weighted by atomic mass is 10.2. The van der Waals surface area contributed by atoms with Crippen molar-refractivity contribution in [2.24, 2.45) is 0 Å². The van der Waals surface area contributed by atoms with Crippen LogP contribution in [0.4, 0.5) is 21.4 Å². The second-order valence-electron chi connectivity index (χ2n) is 2.65. The highest BCUT2D eigenvalue weighted by atomic mass is 32.3. The smallest absolute Gasteiger partial charge is 0.203 e. The molecule has 84 valence electrons. The maximum atomic E-state index is 12.8. The van der Waals surface area contributed by atoms with E-state index in [2.05, 4.69) is 0 Å². The molecule has 0 aliphatic carbocycles. The summed E-state index contributed by atoms with van der Waals surface area (Å²) >= 11 is 0. The van der Waals surface area contributed by atoms with Crippen LogP contribution in [0.3, 0.4) is 0 Å². The van der Waals surface area contributed by atoms with E-state index in [1.807, 2.05) is 0 Å². The molecule has 0 unspecified atom stereocenters. The van der Waals surface area contributed by atoms with Gasteiger partial charge in [0.15, 0.2) is 28.2 Å². The van der Waals surface area contributed by atoms with Crippen LogP contribution in [0.1, 0.15) is 5.56 Å². The zero-order valence-electron chi connectivity index (χ0n) is 7.11. The number of hydrogen-bond donors (Lipinski definition) is 0. The summed E-state index contributed by atoms with van der Waals surface area (Å²) in [6.07, 6.45) is 0. The first-order valence-electron chi connectivity index (χ1n) is 3.45. The lowest BCUT2D eigenvalue weighted by Gasteiger charge is -2.05. The fraction of sp³-hybridized carbons (Fsp3) is 0.143. The molecule has 0 fully saturated rings. The van der Waals surface area contributed by atoms with Gasteiger partial charge >= 0.3 is 10.2 Å². The first-order valence-corrected chi connectivity index (χ1v) is 4.83. The van der Waals surface area contributed by atoms with Gasteiger partial charge in [0.2, 0.25) is 0 Å². The van der Waals surface area contributed by atoms with Crippen molar-refractivity contribution in [2.75, 3.05) is 0 Å². The Morgan fingerprint density at radius 3 is 1.47 bits per heavy atom. The van der Waals surface area contributed by atoms with Gasteiger partial charge in [0.05, 0.1) is 0 Å². The molecule has 0 aliphatic heterocycles. The summed E-state index contributed by atoms with van der Waals surface area (Å²) in [5.41, 5.74) is -1.06. The number of halogens is 5. The molecule has 0 heterocycles. The van der Waals surface area contributed by atoms with Crippen LogP contribution >= 0.6 is 0 Å². The van der Waals surface area contributed by atoms with Crippen LogP contribution in [0.25, 0.3) is 0 Å². The van der Waals surface area contributed by atoms with E-state index in [1.54, 1.807) is 0 Å². The lowest BCUT2D eigenvalue weighted by molar-refractivity contribution is 0.407. The Morgan fingerprint density at radius 2 is 1.20 bits per heavy atom. The van der Waals surface area contributed by atoms with Gasteiger partial charge in [0, 0.05) is 5.56 Å². The molecule has 1 rings (SSSR count). The molecule has 0 atom stereocenters. The quantitative estimate of drug-likeness (QED) is 0.432. The van der Waals surface area contributed by atoms with Crippen LogP contribution in [-0.2, 0) is 10.2 Å². The van der Waals surface area contributed by atoms with Gasteiger partial charge in [-0.1, -0.05) is 0 Å². The highest BCUT2D eigenvalue weighted by Crippen LogP contribution is 2.27. The molecule has 0 amide bonds. The van der Waals surface area contributed by atoms with Crippen molar-refractivity contribution in [1.82, 2.24) is 0 Å². The third kappa shape index (κ3) is 1.81. The Hall–Kier alpha value is -1.18. The van der Waals surface area contributed by atoms with Crippen molar-refractivity contribution in [2.45, 2.75) is 11.8 Å². The molecule has 8 heteroatoms. The van der Waals surface area contributed by atoms with Crippen molar-refractivity contribution < 1.29 is 29.9 Å². The largest absolute Gasteiger partial charge is 0.338 e. The standard InChI is InChI=1S/C7H3F5O2S/c1-2-3(8)5(10)7(15(12,13)14)6(11)4(2)9/h1H3. The molecule has 0 saturated heterocycles. The zero-order valence-corrected chi connectivity index (χ0v) is 7.93. The minimum absolute atomic E-state index is 0.686. The molecule has 0 aromatic heterocycles. The van der Waals surface area contributed by atoms with Gasteiger partial charge in [0.1, 0.15) is 0 Å². The Balaban J connectivity index is 3.84. The molecule has 1 aromatic rings. The zero-order chi connectivity index (χ0) is 12.0. The van der Waals surface area contributed by atoms with Gasteiger partial charge in [-0.05, 0) is 6.92 Å². The minimum Gasteiger partial charge on any atom is -0.203 e. The topological polar surface area (TPSA) is 34.1 Å². The van der Waals surface area contributed by atoms with Crippen LogP contribution in [0.5, 0.6) is 0 Å². The van der Waals surface area contributed by atoms with Crippen molar-refractivity contribution in [1.29, 1.82) is 0 Å². The van der Waals surface area contributed by atoms with E-state index in [-0.39, 0.29) is 0 Å². The van der Waals surface area contributed by atoms with Crippen molar-refractivity contribution in [3.8, 4) is 0 Å². The average Bonchev–Trinajstić information content (AvgIpc) is 2.09. The number of hydrogen-bond acceptors (Lipinski definition) is 2. The van der Waals surface area contributed by atoms with Gasteiger partial charge in [-0.2, -0.15) is 8.42 Å². The molecule has 0 bridgehead atoms. The Kier molecular flexibility index (Phi) is 2.73. The predicted octanol–water partition coefficient (Wildman–Crippen LogP) is 2.21. The molecule has 0 N–H and O–H groups in total. The highest BCUT2D eigenvalue weighted by Gasteiger charge is 2.31. The fourth-order valence-corrected chi connectivity index (χ4v) is 1.54. The van der Waals surface area contributed by atoms with E-state index in [0.29, 0.717) is 6.92 Å². The minimum atomic E-state index is -5.86. The maximum absolute atomic E-state index is 12.8. The third-order valence-electron chi connectivity index (χ3n) is 1.69. The van der Waals surface area contributed by atoms with E-state index in [4.69, 9.17) is 0 Å². The Morgan fingerprint density at radius 1 is 0.867 bits per heavy atom. The van der Waals surface area contributed by atoms with E-state index in [0.717, 1.165) is 0 Å². The summed E-state index contributed by atoms with van der Waals surface area (Å²) in [6, 6.07) is 0. The molecule has 0 saturated carbocycles. The maximum Gasteiger partial charge on any atom is 0.338 e. The molecular weight excluding hydrogens is 243 g/mol. The van der Waals surface area contributed by atoms with E-state index < -0.39 is 44.0 Å². The second kappa shape index (κ2) is 3.44. The number of rotatable bonds is 1. The van der Waals surface area contributed by atoms with Gasteiger partial charge in [-0.15, -0.1) is 3.89 Å². The van der Waals surface area contributed by atoms with E-state index in [9.17, 15) is 29.9 Å². The molecule has 0 spiro atoms. The number of benzene rings is 1. The summed E-state index contributed by atoms with van der Waals surface area (Å²) in [6.45, 7) is 0.686. The first-order chi connectivity index (χ1) is 6.68. The third-order valence-corrected chi connectivity index (χ3v) is 2.53. The fourth-order valence-electron chi connectivity index (χ4n) is 0.935. The molecule has 0 aliphatic rings. The van der Waals surface area contributed by atoms with E-state index >= 15 is 0 Å². The average molecular weight is 246 g/mol.